The molecule has 0 fully saturated rings. The molecule has 0 unspecified atom stereocenters. The summed E-state index contributed by atoms with van der Waals surface area (Å²) in [6.45, 7) is 0. The molecule has 0 bridgehead atoms. The monoisotopic (exact) mass is 204 g/mol. The SMILES string of the molecule is O=C=Nc1ccc2[nH]c(=O)oc(=O)c2c1. The first-order valence-corrected chi connectivity index (χ1v) is 3.96. The zero-order valence-corrected chi connectivity index (χ0v) is 7.31. The Kier molecular flexibility index (Phi) is 2.04. The highest BCUT2D eigenvalue weighted by atomic mass is 16.4. The molecule has 15 heavy (non-hydrogen) atoms. The van der Waals surface area contributed by atoms with Crippen molar-refractivity contribution < 1.29 is 9.21 Å². The number of benzene rings is 1. The minimum atomic E-state index is -0.820. The van der Waals surface area contributed by atoms with Crippen molar-refractivity contribution in [3.8, 4) is 0 Å². The lowest BCUT2D eigenvalue weighted by Crippen LogP contribution is -2.14. The maximum Gasteiger partial charge on any atom is 0.419 e. The Hall–Kier alpha value is -2.46. The minimum absolute atomic E-state index is 0.158. The molecular weight excluding hydrogens is 200 g/mol. The van der Waals surface area contributed by atoms with E-state index < -0.39 is 11.4 Å². The highest BCUT2D eigenvalue weighted by molar-refractivity contribution is 5.80. The highest BCUT2D eigenvalue weighted by Gasteiger charge is 2.02. The number of rotatable bonds is 1. The molecule has 0 atom stereocenters. The maximum atomic E-state index is 11.2. The van der Waals surface area contributed by atoms with Gasteiger partial charge in [0.15, 0.2) is 0 Å². The number of hydrogen-bond acceptors (Lipinski definition) is 5. The molecule has 6 heteroatoms. The van der Waals surface area contributed by atoms with Gasteiger partial charge in [-0.25, -0.2) is 14.4 Å². The summed E-state index contributed by atoms with van der Waals surface area (Å²) < 4.78 is 4.32. The molecule has 1 N–H and O–H groups in total. The Labute approximate surface area is 81.9 Å². The van der Waals surface area contributed by atoms with Gasteiger partial charge in [0.25, 0.3) is 0 Å². The predicted molar refractivity (Wildman–Crippen MR) is 50.9 cm³/mol. The van der Waals surface area contributed by atoms with E-state index in [2.05, 4.69) is 14.4 Å². The van der Waals surface area contributed by atoms with Crippen LogP contribution in [0.3, 0.4) is 0 Å². The van der Waals surface area contributed by atoms with Gasteiger partial charge < -0.3 is 4.42 Å². The number of aromatic amines is 1. The molecule has 0 amide bonds. The average Bonchev–Trinajstić information content (AvgIpc) is 2.19. The fraction of sp³-hybridized carbons (Fsp3) is 0. The Balaban J connectivity index is 2.88. The van der Waals surface area contributed by atoms with Gasteiger partial charge in [-0.3, -0.25) is 4.98 Å². The summed E-state index contributed by atoms with van der Waals surface area (Å²) in [5, 5.41) is 0.158. The van der Waals surface area contributed by atoms with Crippen molar-refractivity contribution in [3.63, 3.8) is 0 Å². The van der Waals surface area contributed by atoms with Gasteiger partial charge in [-0.15, -0.1) is 0 Å². The molecule has 74 valence electrons. The molecule has 2 rings (SSSR count). The third kappa shape index (κ3) is 1.61. The summed E-state index contributed by atoms with van der Waals surface area (Å²) >= 11 is 0. The van der Waals surface area contributed by atoms with E-state index in [1.807, 2.05) is 0 Å². The van der Waals surface area contributed by atoms with Crippen molar-refractivity contribution in [2.75, 3.05) is 0 Å². The molecule has 0 saturated heterocycles. The molecule has 2 aromatic rings. The number of carbonyl (C=O) groups excluding carboxylic acids is 1. The van der Waals surface area contributed by atoms with E-state index in [1.165, 1.54) is 24.3 Å². The molecule has 0 radical (unpaired) electrons. The second-order valence-electron chi connectivity index (χ2n) is 2.73. The number of aliphatic imine (C=N–C) groups is 1. The van der Waals surface area contributed by atoms with Gasteiger partial charge in [0.1, 0.15) is 0 Å². The van der Waals surface area contributed by atoms with Crippen LogP contribution in [0.25, 0.3) is 10.9 Å². The van der Waals surface area contributed by atoms with Crippen LogP contribution in [0.5, 0.6) is 0 Å². The van der Waals surface area contributed by atoms with Crippen LogP contribution < -0.4 is 11.4 Å². The van der Waals surface area contributed by atoms with Crippen LogP contribution in [-0.4, -0.2) is 11.1 Å². The van der Waals surface area contributed by atoms with Crippen LogP contribution in [0.1, 0.15) is 0 Å². The number of isocyanates is 1. The summed E-state index contributed by atoms with van der Waals surface area (Å²) in [4.78, 5) is 37.7. The van der Waals surface area contributed by atoms with Crippen molar-refractivity contribution >= 4 is 22.7 Å². The average molecular weight is 204 g/mol. The predicted octanol–water partition coefficient (Wildman–Crippen LogP) is 0.449. The quantitative estimate of drug-likeness (QED) is 0.539. The third-order valence-corrected chi connectivity index (χ3v) is 1.82. The molecule has 0 aliphatic heterocycles. The summed E-state index contributed by atoms with van der Waals surface area (Å²) in [6.07, 6.45) is 1.35. The standard InChI is InChI=1S/C9H4N2O4/c12-4-10-5-1-2-7-6(3-5)8(13)15-9(14)11-7/h1-3H,(H,11,14). The number of H-pyrrole nitrogens is 1. The summed E-state index contributed by atoms with van der Waals surface area (Å²) in [6, 6.07) is 4.27. The van der Waals surface area contributed by atoms with Gasteiger partial charge >= 0.3 is 11.4 Å². The van der Waals surface area contributed by atoms with Crippen LogP contribution in [-0.2, 0) is 4.79 Å². The van der Waals surface area contributed by atoms with Gasteiger partial charge in [-0.05, 0) is 18.2 Å². The lowest BCUT2D eigenvalue weighted by molar-refractivity contribution is 0.460. The van der Waals surface area contributed by atoms with Crippen LogP contribution in [0.4, 0.5) is 5.69 Å². The minimum Gasteiger partial charge on any atom is -0.372 e. The van der Waals surface area contributed by atoms with Crippen molar-refractivity contribution in [2.24, 2.45) is 4.99 Å². The number of nitrogens with zero attached hydrogens (tertiary/aromatic N) is 1. The smallest absolute Gasteiger partial charge is 0.372 e. The van der Waals surface area contributed by atoms with Gasteiger partial charge in [0.05, 0.1) is 16.6 Å². The molecule has 1 aromatic heterocycles. The Morgan fingerprint density at radius 2 is 2.13 bits per heavy atom. The molecule has 6 nitrogen and oxygen atoms in total. The zero-order chi connectivity index (χ0) is 10.8. The van der Waals surface area contributed by atoms with E-state index in [0.717, 1.165) is 0 Å². The lowest BCUT2D eigenvalue weighted by Gasteiger charge is -1.95. The highest BCUT2D eigenvalue weighted by Crippen LogP contribution is 2.15. The Morgan fingerprint density at radius 3 is 2.87 bits per heavy atom. The summed E-state index contributed by atoms with van der Waals surface area (Å²) in [7, 11) is 0. The number of hydrogen-bond donors (Lipinski definition) is 1. The maximum absolute atomic E-state index is 11.2. The van der Waals surface area contributed by atoms with E-state index in [9.17, 15) is 14.4 Å². The third-order valence-electron chi connectivity index (χ3n) is 1.82. The van der Waals surface area contributed by atoms with Crippen molar-refractivity contribution in [3.05, 3.63) is 39.2 Å². The number of fused-ring (bicyclic) bond motifs is 1. The molecule has 1 heterocycles. The number of aromatic nitrogens is 1. The van der Waals surface area contributed by atoms with Crippen LogP contribution >= 0.6 is 0 Å². The van der Waals surface area contributed by atoms with Crippen LogP contribution in [0, 0.1) is 0 Å². The van der Waals surface area contributed by atoms with E-state index in [0.29, 0.717) is 5.52 Å². The van der Waals surface area contributed by atoms with Gasteiger partial charge in [0, 0.05) is 0 Å². The lowest BCUT2D eigenvalue weighted by atomic mass is 10.2. The fourth-order valence-electron chi connectivity index (χ4n) is 1.21. The van der Waals surface area contributed by atoms with Gasteiger partial charge in [0.2, 0.25) is 6.08 Å². The van der Waals surface area contributed by atoms with E-state index >= 15 is 0 Å². The molecule has 0 saturated carbocycles. The fourth-order valence-corrected chi connectivity index (χ4v) is 1.21. The van der Waals surface area contributed by atoms with Crippen molar-refractivity contribution in [1.82, 2.24) is 4.98 Å². The first-order valence-electron chi connectivity index (χ1n) is 3.96. The summed E-state index contributed by atoms with van der Waals surface area (Å²) in [5.41, 5.74) is -0.158. The second-order valence-corrected chi connectivity index (χ2v) is 2.73. The van der Waals surface area contributed by atoms with E-state index in [1.54, 1.807) is 0 Å². The second kappa shape index (κ2) is 3.36. The van der Waals surface area contributed by atoms with Crippen molar-refractivity contribution in [1.29, 1.82) is 0 Å². The molecule has 0 aliphatic carbocycles. The van der Waals surface area contributed by atoms with Crippen molar-refractivity contribution in [2.45, 2.75) is 0 Å². The van der Waals surface area contributed by atoms with Crippen LogP contribution in [0.2, 0.25) is 0 Å². The van der Waals surface area contributed by atoms with E-state index in [4.69, 9.17) is 0 Å². The Morgan fingerprint density at radius 1 is 1.33 bits per heavy atom. The summed E-state index contributed by atoms with van der Waals surface area (Å²) in [5.74, 6) is -0.820. The zero-order valence-electron chi connectivity index (χ0n) is 7.31. The van der Waals surface area contributed by atoms with Gasteiger partial charge in [-0.2, -0.15) is 4.99 Å². The first-order chi connectivity index (χ1) is 7.20. The molecule has 1 aromatic carbocycles. The molecule has 0 spiro atoms. The van der Waals surface area contributed by atoms with E-state index in [-0.39, 0.29) is 11.1 Å². The van der Waals surface area contributed by atoms with Crippen LogP contribution in [0.15, 0.2) is 37.2 Å². The van der Waals surface area contributed by atoms with Gasteiger partial charge in [-0.1, -0.05) is 0 Å². The normalized spacial score (nSPS) is 9.87. The molecular formula is C9H4N2O4. The molecule has 0 aliphatic rings. The first kappa shape index (κ1) is 9.11. The largest absolute Gasteiger partial charge is 0.419 e. The number of nitrogens with one attached hydrogen (secondary N) is 1. The Bertz CT molecular complexity index is 676. The topological polar surface area (TPSA) is 92.5 Å².